The van der Waals surface area contributed by atoms with Crippen molar-refractivity contribution < 1.29 is 107 Å². The first-order chi connectivity index (χ1) is 54.6. The van der Waals surface area contributed by atoms with Crippen molar-refractivity contribution in [2.75, 3.05) is 80.2 Å². The number of fused-ring (bicyclic) bond motifs is 1. The van der Waals surface area contributed by atoms with Crippen molar-refractivity contribution in [3.8, 4) is 11.5 Å². The van der Waals surface area contributed by atoms with Gasteiger partial charge in [-0.05, 0) is 120 Å². The van der Waals surface area contributed by atoms with Crippen LogP contribution in [0.1, 0.15) is 69.4 Å². The topological polar surface area (TPSA) is 348 Å². The number of aromatic nitrogens is 4. The Hall–Kier alpha value is -7.44. The number of imidazole rings is 1. The van der Waals surface area contributed by atoms with E-state index in [4.69, 9.17) is 72.7 Å². The Morgan fingerprint density at radius 2 is 1.39 bits per heavy atom. The summed E-state index contributed by atoms with van der Waals surface area (Å²) in [5, 5.41) is 15.7. The molecule has 5 aliphatic heterocycles. The van der Waals surface area contributed by atoms with Gasteiger partial charge in [-0.1, -0.05) is 115 Å². The van der Waals surface area contributed by atoms with Crippen LogP contribution in [0.5, 0.6) is 11.5 Å². The van der Waals surface area contributed by atoms with Crippen molar-refractivity contribution in [1.29, 1.82) is 0 Å². The lowest BCUT2D eigenvalue weighted by Crippen LogP contribution is -2.51. The van der Waals surface area contributed by atoms with Crippen LogP contribution in [-0.2, 0) is 84.5 Å². The molecular formula is C75H103F4N11O20P2SSi3. The third kappa shape index (κ3) is 21.2. The predicted octanol–water partition coefficient (Wildman–Crippen LogP) is 11.3. The van der Waals surface area contributed by atoms with Crippen LogP contribution in [0.25, 0.3) is 11.2 Å². The second kappa shape index (κ2) is 36.6. The van der Waals surface area contributed by atoms with Gasteiger partial charge in [-0.2, -0.15) is 28.4 Å². The van der Waals surface area contributed by atoms with Gasteiger partial charge in [-0.25, -0.2) is 29.0 Å². The summed E-state index contributed by atoms with van der Waals surface area (Å²) in [5.74, 6) is -1.66. The molecule has 1 aliphatic carbocycles. The highest BCUT2D eigenvalue weighted by atomic mass is 32.5. The summed E-state index contributed by atoms with van der Waals surface area (Å²) in [4.78, 5) is 98.5. The number of amides is 4. The number of hydrazone groups is 2. The van der Waals surface area contributed by atoms with E-state index in [1.54, 1.807) is 24.3 Å². The van der Waals surface area contributed by atoms with Gasteiger partial charge in [-0.15, -0.1) is 0 Å². The molecule has 116 heavy (non-hydrogen) atoms. The van der Waals surface area contributed by atoms with Gasteiger partial charge < -0.3 is 76.7 Å². The molecule has 4 N–H and O–H groups in total. The Bertz CT molecular complexity index is 4590. The first-order valence-electron chi connectivity index (χ1n) is 38.2. The number of hydrogen-bond acceptors (Lipinski definition) is 24. The zero-order chi connectivity index (χ0) is 84.1. The number of methoxy groups -OCH3 is 2. The minimum absolute atomic E-state index is 0.0213. The molecule has 634 valence electrons. The fraction of sp³-hybridized carbons (Fsp3) is 0.560. The fourth-order valence-electron chi connectivity index (χ4n) is 13.9. The summed E-state index contributed by atoms with van der Waals surface area (Å²) in [7, 11) is -8.80. The van der Waals surface area contributed by atoms with Crippen molar-refractivity contribution in [1.82, 2.24) is 44.7 Å². The number of halogens is 4. The van der Waals surface area contributed by atoms with Gasteiger partial charge in [0.2, 0.25) is 5.91 Å². The zero-order valence-corrected chi connectivity index (χ0v) is 72.7. The lowest BCUT2D eigenvalue weighted by Gasteiger charge is -2.42. The van der Waals surface area contributed by atoms with Crippen molar-refractivity contribution in [2.45, 2.75) is 189 Å². The van der Waals surface area contributed by atoms with Gasteiger partial charge in [0.1, 0.15) is 72.5 Å². The molecule has 3 aromatic carbocycles. The lowest BCUT2D eigenvalue weighted by molar-refractivity contribution is -0.186. The average Bonchev–Trinajstić information content (AvgIpc) is 1.32. The molecule has 0 spiro atoms. The van der Waals surface area contributed by atoms with E-state index in [0.717, 1.165) is 16.6 Å². The van der Waals surface area contributed by atoms with Crippen LogP contribution in [-0.4, -0.2) is 239 Å². The molecule has 5 aromatic rings. The van der Waals surface area contributed by atoms with Crippen molar-refractivity contribution in [3.05, 3.63) is 141 Å². The van der Waals surface area contributed by atoms with Crippen molar-refractivity contribution in [2.24, 2.45) is 10.2 Å². The molecule has 41 heteroatoms. The third-order valence-corrected chi connectivity index (χ3v) is 32.9. The molecule has 6 aliphatic rings. The molecule has 31 nitrogen and oxygen atoms in total. The lowest BCUT2D eigenvalue weighted by atomic mass is 9.80. The van der Waals surface area contributed by atoms with Crippen LogP contribution < -0.4 is 25.7 Å². The highest BCUT2D eigenvalue weighted by Gasteiger charge is 2.59. The monoisotopic (exact) mass is 1730 g/mol. The van der Waals surface area contributed by atoms with Gasteiger partial charge in [0.05, 0.1) is 85.5 Å². The van der Waals surface area contributed by atoms with E-state index < -0.39 is 153 Å². The van der Waals surface area contributed by atoms with E-state index in [2.05, 4.69) is 65.1 Å². The molecule has 3 saturated heterocycles. The molecule has 0 radical (unpaired) electrons. The van der Waals surface area contributed by atoms with Gasteiger partial charge >= 0.3 is 38.6 Å². The normalized spacial score (nSPS) is 22.6. The first-order valence-corrected chi connectivity index (χ1v) is 52.7. The minimum Gasteiger partial charge on any atom is -0.497 e. The number of ether oxygens (including phenoxy) is 8. The number of benzene rings is 3. The van der Waals surface area contributed by atoms with Crippen LogP contribution in [0.2, 0.25) is 69.5 Å². The molecule has 0 unspecified atom stereocenters. The van der Waals surface area contributed by atoms with Crippen LogP contribution in [0, 0.1) is 0 Å². The highest BCUT2D eigenvalue weighted by Crippen LogP contribution is 2.59. The number of carbonyl (C=O) groups is 4. The third-order valence-electron chi connectivity index (χ3n) is 21.3. The summed E-state index contributed by atoms with van der Waals surface area (Å²) in [6, 6.07) is 24.0. The number of allylic oxidation sites excluding steroid dienone is 2. The summed E-state index contributed by atoms with van der Waals surface area (Å²) in [5.41, 5.74) is -0.615. The summed E-state index contributed by atoms with van der Waals surface area (Å²) in [6.07, 6.45) is -12.7. The highest BCUT2D eigenvalue weighted by molar-refractivity contribution is 8.07. The Kier molecular flexibility index (Phi) is 28.2. The SMILES string of the molecule is COc1ccc(C(OC[C@H]2O[C@@H](n3cnc4c(=O)n(CCOCNC(=O)CNC(=O)OCC[Si](C)(C)C)cnc43)[C@H](O[P@](=S)(OC[C@@H]3CCCN3C(=O)C(F)(F)F)OC[C@H]3O[C@@H](N4C=C5CCC6=C5C(=N4)C=NN(C(=O)OCC[Si](C)(C)C)C6)[C@@H](F)[C@@H]3P(=O)(O)O)[C@@H]2O[Si](C)(C)C(C)(C)C)(c2ccccc2)c2ccc(OC)cc2)cc1. The number of nitrogens with one attached hydrogen (secondary N) is 2. The molecule has 11 rings (SSSR count). The maximum absolute atomic E-state index is 17.7. The number of rotatable bonds is 34. The smallest absolute Gasteiger partial charge is 0.471 e. The number of carbonyl (C=O) groups excluding carboxylic acids is 4. The maximum Gasteiger partial charge on any atom is 0.471 e. The molecule has 3 fully saturated rings. The van der Waals surface area contributed by atoms with E-state index in [1.807, 2.05) is 88.5 Å². The molecule has 7 heterocycles. The molecule has 10 atom stereocenters. The molecule has 0 saturated carbocycles. The van der Waals surface area contributed by atoms with Gasteiger partial charge in [-0.3, -0.25) is 32.6 Å². The van der Waals surface area contributed by atoms with Gasteiger partial charge in [0.25, 0.3) is 5.56 Å². The number of likely N-dealkylation sites (tertiary alicyclic amines) is 1. The van der Waals surface area contributed by atoms with E-state index in [-0.39, 0.29) is 89.1 Å². The standard InChI is InChI=1S/C75H103F4N11O20P2SSi3/c1-73(2,3)116(12,13)110-63-57(43-104-74(50-18-15-14-16-19-50,51-23-27-54(99-4)28-24-51)52-25-29-55(100-5)30-26-52)107-69(88-46-81-62-66(88)82-45-86(67(62)92)32-33-101-47-83-59(91)39-80-71(94)102-34-36-114(6,7)8)64(63)109-112(113,105-42-53-20-17-31-87(53)70(93)75(77,78)79)106-44-58-65(111(96,97)98)61(76)68(108-58)89-40-48-21-22-49-41-90(84-38-56(85-89)60(48)49)72(95)103-35-37-115(9,10)11/h14-16,18-19,23-30,38,40,45-46,53,57-58,61,63-65,68-69H,17,20-22,31-37,39,41-44,47H2,1-13H3,(H,80,94)(H,83,91)(H2,96,97,98)/t53-,57+,58+,61-,63+,64+,65+,68+,69+,112-/m0/s1. The van der Waals surface area contributed by atoms with Crippen LogP contribution in [0.4, 0.5) is 27.2 Å². The Balaban J connectivity index is 0.971. The minimum atomic E-state index is -5.60. The molecule has 0 bridgehead atoms. The van der Waals surface area contributed by atoms with Gasteiger partial charge in [0, 0.05) is 34.5 Å². The number of alkyl halides is 4. The second-order valence-electron chi connectivity index (χ2n) is 33.0. The number of hydrogen-bond donors (Lipinski definition) is 4. The molecule has 2 aromatic heterocycles. The zero-order valence-electron chi connectivity index (χ0n) is 67.1. The van der Waals surface area contributed by atoms with E-state index in [9.17, 15) is 51.5 Å². The maximum atomic E-state index is 17.7. The summed E-state index contributed by atoms with van der Waals surface area (Å²) < 4.78 is 155. The molecule has 4 amide bonds. The predicted molar refractivity (Wildman–Crippen MR) is 432 cm³/mol. The van der Waals surface area contributed by atoms with Crippen molar-refractivity contribution in [3.63, 3.8) is 0 Å². The van der Waals surface area contributed by atoms with Crippen molar-refractivity contribution >= 4 is 97.7 Å². The van der Waals surface area contributed by atoms with E-state index in [0.29, 0.717) is 63.1 Å². The molecular weight excluding hydrogens is 1630 g/mol. The first kappa shape index (κ1) is 89.4. The van der Waals surface area contributed by atoms with E-state index >= 15 is 4.39 Å². The van der Waals surface area contributed by atoms with Gasteiger partial charge in [0.15, 0.2) is 38.1 Å². The van der Waals surface area contributed by atoms with Crippen LogP contribution in [0.15, 0.2) is 129 Å². The Morgan fingerprint density at radius 1 is 0.759 bits per heavy atom. The Morgan fingerprint density at radius 3 is 2.01 bits per heavy atom. The number of alkyl carbamates (subject to hydrolysis) is 1. The largest absolute Gasteiger partial charge is 0.497 e. The summed E-state index contributed by atoms with van der Waals surface area (Å²) in [6.45, 7) is 14.9. The van der Waals surface area contributed by atoms with E-state index in [1.165, 1.54) is 53.4 Å². The second-order valence-corrected chi connectivity index (χ2v) is 53.7. The quantitative estimate of drug-likeness (QED) is 0.00742. The Labute approximate surface area is 678 Å². The van der Waals surface area contributed by atoms with Crippen LogP contribution >= 0.6 is 14.3 Å². The van der Waals surface area contributed by atoms with Crippen LogP contribution in [0.3, 0.4) is 0 Å². The summed E-state index contributed by atoms with van der Waals surface area (Å²) >= 11 is 6.46. The number of nitrogens with zero attached hydrogens (tertiary/aromatic N) is 9. The average molecular weight is 1730 g/mol. The fourth-order valence-corrected chi connectivity index (χ4v) is 19.9.